The third-order valence-corrected chi connectivity index (χ3v) is 2.64. The van der Waals surface area contributed by atoms with Crippen LogP contribution in [0, 0.1) is 46.0 Å². The number of alkyl halides is 2. The molecule has 0 bridgehead atoms. The fourth-order valence-corrected chi connectivity index (χ4v) is 1.74. The molecular weight excluding hydrogens is 486 g/mol. The van der Waals surface area contributed by atoms with E-state index in [0.29, 0.717) is 5.69 Å². The molecule has 2 nitrogen and oxygen atoms in total. The van der Waals surface area contributed by atoms with Gasteiger partial charge in [0.1, 0.15) is 5.75 Å². The molecule has 0 amide bonds. The Bertz CT molecular complexity index is 366. The third kappa shape index (κ3) is 6.45. The molecule has 0 spiro atoms. The summed E-state index contributed by atoms with van der Waals surface area (Å²) in [5, 5.41) is 0. The van der Waals surface area contributed by atoms with Crippen molar-refractivity contribution in [3.63, 3.8) is 0 Å². The summed E-state index contributed by atoms with van der Waals surface area (Å²) in [6.45, 7) is 4.91. The summed E-state index contributed by atoms with van der Waals surface area (Å²) in [6, 6.07) is 3.07. The van der Waals surface area contributed by atoms with Crippen LogP contribution in [0.1, 0.15) is 50.7 Å². The van der Waals surface area contributed by atoms with Crippen molar-refractivity contribution in [3.05, 3.63) is 43.8 Å². The molecule has 0 saturated carbocycles. The van der Waals surface area contributed by atoms with Gasteiger partial charge in [0.15, 0.2) is 0 Å². The van der Waals surface area contributed by atoms with Crippen molar-refractivity contribution in [1.29, 1.82) is 0 Å². The van der Waals surface area contributed by atoms with E-state index in [9.17, 15) is 8.78 Å². The number of hydrogen-bond donors (Lipinski definition) is 0. The molecule has 1 aromatic rings. The van der Waals surface area contributed by atoms with Crippen molar-refractivity contribution < 1.29 is 44.6 Å². The standard InChI is InChI=1S/C13H18F2NO.2CH3.U/c1-7(2)10-5-9(17-13(14)15)6-11(8(3)4)12(10)16;;;/h5-8,13,16H,1-4H3;2*1H3;/q3*-1;+3. The molecule has 0 aliphatic carbocycles. The molecule has 1 radical (unpaired) electrons. The van der Waals surface area contributed by atoms with Crippen molar-refractivity contribution in [2.45, 2.75) is 46.1 Å². The monoisotopic (exact) mass is 510 g/mol. The van der Waals surface area contributed by atoms with E-state index < -0.39 is 6.61 Å². The summed E-state index contributed by atoms with van der Waals surface area (Å²) in [5.41, 5.74) is 9.96. The maximum atomic E-state index is 12.2. The first-order valence-electron chi connectivity index (χ1n) is 5.67. The molecule has 0 aromatic heterocycles. The van der Waals surface area contributed by atoms with Gasteiger partial charge < -0.3 is 25.3 Å². The first kappa shape index (κ1) is 24.7. The summed E-state index contributed by atoms with van der Waals surface area (Å²) < 4.78 is 28.9. The summed E-state index contributed by atoms with van der Waals surface area (Å²) >= 11 is 0. The molecule has 0 fully saturated rings. The molecule has 0 saturated heterocycles. The molecule has 0 aliphatic rings. The molecule has 5 heteroatoms. The maximum Gasteiger partial charge on any atom is 3.00 e. The zero-order valence-electron chi connectivity index (χ0n) is 13.1. The molecule has 0 unspecified atom stereocenters. The van der Waals surface area contributed by atoms with Crippen LogP contribution in [-0.2, 0) is 0 Å². The van der Waals surface area contributed by atoms with Crippen molar-refractivity contribution in [2.75, 3.05) is 0 Å². The number of halogens is 2. The van der Waals surface area contributed by atoms with Gasteiger partial charge in [0.05, 0.1) is 0 Å². The second-order valence-electron chi connectivity index (χ2n) is 4.66. The van der Waals surface area contributed by atoms with Gasteiger partial charge in [0.2, 0.25) is 0 Å². The van der Waals surface area contributed by atoms with Crippen LogP contribution in [0.2, 0.25) is 0 Å². The number of nitrogens with one attached hydrogen (secondary N) is 1. The molecule has 0 heterocycles. The molecule has 1 N–H and O–H groups in total. The topological polar surface area (TPSA) is 33.0 Å². The van der Waals surface area contributed by atoms with Crippen LogP contribution in [0.5, 0.6) is 5.75 Å². The average Bonchev–Trinajstić information content (AvgIpc) is 2.18. The minimum absolute atomic E-state index is 0. The Hall–Kier alpha value is -0.268. The number of hydrogen-bond acceptors (Lipinski definition) is 1. The molecule has 20 heavy (non-hydrogen) atoms. The van der Waals surface area contributed by atoms with Crippen molar-refractivity contribution in [2.24, 2.45) is 0 Å². The molecule has 113 valence electrons. The Morgan fingerprint density at radius 2 is 1.30 bits per heavy atom. The molecule has 1 rings (SSSR count). The normalized spacial score (nSPS) is 9.85. The Morgan fingerprint density at radius 3 is 1.55 bits per heavy atom. The van der Waals surface area contributed by atoms with E-state index in [1.807, 2.05) is 27.7 Å². The molecule has 0 atom stereocenters. The van der Waals surface area contributed by atoms with Gasteiger partial charge in [-0.1, -0.05) is 38.8 Å². The van der Waals surface area contributed by atoms with E-state index in [0.717, 1.165) is 11.1 Å². The zero-order chi connectivity index (χ0) is 13.2. The van der Waals surface area contributed by atoms with Gasteiger partial charge in [-0.3, -0.25) is 0 Å². The summed E-state index contributed by atoms with van der Waals surface area (Å²) in [6.07, 6.45) is 0. The van der Waals surface area contributed by atoms with Crippen LogP contribution in [0.4, 0.5) is 14.5 Å². The van der Waals surface area contributed by atoms with Gasteiger partial charge >= 0.3 is 37.7 Å². The van der Waals surface area contributed by atoms with Crippen LogP contribution in [-0.4, -0.2) is 6.61 Å². The van der Waals surface area contributed by atoms with E-state index in [4.69, 9.17) is 5.73 Å². The predicted octanol–water partition coefficient (Wildman–Crippen LogP) is 6.12. The number of benzene rings is 1. The van der Waals surface area contributed by atoms with Crippen LogP contribution in [0.15, 0.2) is 12.1 Å². The van der Waals surface area contributed by atoms with Gasteiger partial charge in [-0.05, 0) is 24.0 Å². The SMILES string of the molecule is CC(C)c1cc(OC(F)F)cc(C(C)C)c1[NH-].[CH3-].[CH3-].[U+3]. The zero-order valence-corrected chi connectivity index (χ0v) is 17.2. The van der Waals surface area contributed by atoms with Crippen LogP contribution in [0.3, 0.4) is 0 Å². The van der Waals surface area contributed by atoms with Crippen LogP contribution in [0.25, 0.3) is 5.73 Å². The van der Waals surface area contributed by atoms with E-state index >= 15 is 0 Å². The van der Waals surface area contributed by atoms with Gasteiger partial charge in [-0.25, -0.2) is 0 Å². The summed E-state index contributed by atoms with van der Waals surface area (Å²) in [7, 11) is 0. The maximum absolute atomic E-state index is 12.2. The first-order chi connectivity index (χ1) is 7.82. The summed E-state index contributed by atoms with van der Waals surface area (Å²) in [4.78, 5) is 0. The van der Waals surface area contributed by atoms with Crippen LogP contribution >= 0.6 is 0 Å². The number of rotatable bonds is 4. The van der Waals surface area contributed by atoms with Gasteiger partial charge in [-0.15, -0.1) is 5.69 Å². The molecule has 0 aliphatic heterocycles. The van der Waals surface area contributed by atoms with Gasteiger partial charge in [0.25, 0.3) is 0 Å². The predicted molar refractivity (Wildman–Crippen MR) is 78.1 cm³/mol. The van der Waals surface area contributed by atoms with Crippen molar-refractivity contribution in [3.8, 4) is 5.75 Å². The Balaban J connectivity index is -0.000000963. The smallest absolute Gasteiger partial charge is 0.698 e. The fourth-order valence-electron chi connectivity index (χ4n) is 1.74. The van der Waals surface area contributed by atoms with E-state index in [2.05, 4.69) is 4.74 Å². The second-order valence-corrected chi connectivity index (χ2v) is 4.66. The summed E-state index contributed by atoms with van der Waals surface area (Å²) in [5.74, 6) is 0.367. The fraction of sp³-hybridized carbons (Fsp3) is 0.467. The number of ether oxygens (including phenoxy) is 1. The third-order valence-electron chi connectivity index (χ3n) is 2.64. The van der Waals surface area contributed by atoms with Gasteiger partial charge in [-0.2, -0.15) is 8.78 Å². The van der Waals surface area contributed by atoms with Crippen molar-refractivity contribution in [1.82, 2.24) is 0 Å². The first-order valence-corrected chi connectivity index (χ1v) is 5.67. The van der Waals surface area contributed by atoms with Crippen LogP contribution < -0.4 is 4.74 Å². The Kier molecular flexibility index (Phi) is 12.9. The molecule has 1 aromatic carbocycles. The largest absolute Gasteiger partial charge is 3.00 e. The van der Waals surface area contributed by atoms with E-state index in [-0.39, 0.29) is 63.6 Å². The Labute approximate surface area is 145 Å². The van der Waals surface area contributed by atoms with E-state index in [1.54, 1.807) is 0 Å². The minimum atomic E-state index is -2.83. The minimum Gasteiger partial charge on any atom is -0.698 e. The second kappa shape index (κ2) is 10.5. The van der Waals surface area contributed by atoms with E-state index in [1.165, 1.54) is 12.1 Å². The van der Waals surface area contributed by atoms with Gasteiger partial charge in [0, 0.05) is 0 Å². The Morgan fingerprint density at radius 1 is 0.950 bits per heavy atom. The average molecular weight is 510 g/mol. The molecular formula is C15H24F2NOU. The quantitative estimate of drug-likeness (QED) is 0.450. The van der Waals surface area contributed by atoms with Crippen molar-refractivity contribution >= 4 is 5.69 Å².